The van der Waals surface area contributed by atoms with Crippen LogP contribution in [0, 0.1) is 0 Å². The first-order valence-corrected chi connectivity index (χ1v) is 7.54. The van der Waals surface area contributed by atoms with Crippen LogP contribution in [0.25, 0.3) is 0 Å². The van der Waals surface area contributed by atoms with Crippen LogP contribution in [0.15, 0.2) is 6.20 Å². The second kappa shape index (κ2) is 10.9. The molecule has 1 aromatic rings. The van der Waals surface area contributed by atoms with E-state index in [1.54, 1.807) is 0 Å². The van der Waals surface area contributed by atoms with Crippen LogP contribution in [0.1, 0.15) is 51.6 Å². The number of ether oxygens (including phenoxy) is 1. The van der Waals surface area contributed by atoms with Gasteiger partial charge in [0.15, 0.2) is 0 Å². The predicted octanol–water partition coefficient (Wildman–Crippen LogP) is 2.37. The maximum Gasteiger partial charge on any atom is 0.0964 e. The Morgan fingerprint density at radius 3 is 2.84 bits per heavy atom. The second-order valence-electron chi connectivity index (χ2n) is 4.82. The average molecular weight is 268 g/mol. The Bertz CT molecular complexity index is 314. The van der Waals surface area contributed by atoms with E-state index >= 15 is 0 Å². The molecule has 0 aliphatic carbocycles. The average Bonchev–Trinajstić information content (AvgIpc) is 2.86. The first kappa shape index (κ1) is 16.1. The third-order valence-corrected chi connectivity index (χ3v) is 2.93. The lowest BCUT2D eigenvalue weighted by Crippen LogP contribution is -2.14. The molecule has 0 radical (unpaired) electrons. The molecule has 1 aromatic heterocycles. The Hall–Kier alpha value is -0.940. The number of hydrogen-bond acceptors (Lipinski definition) is 4. The van der Waals surface area contributed by atoms with Crippen molar-refractivity contribution in [3.8, 4) is 0 Å². The van der Waals surface area contributed by atoms with E-state index in [9.17, 15) is 0 Å². The van der Waals surface area contributed by atoms with Gasteiger partial charge in [-0.2, -0.15) is 0 Å². The van der Waals surface area contributed by atoms with Gasteiger partial charge in [-0.3, -0.25) is 0 Å². The van der Waals surface area contributed by atoms with Crippen LogP contribution in [0.3, 0.4) is 0 Å². The number of nitrogens with zero attached hydrogens (tertiary/aromatic N) is 3. The number of hydrogen-bond donors (Lipinski definition) is 1. The molecular weight excluding hydrogens is 240 g/mol. The normalized spacial score (nSPS) is 11.1. The van der Waals surface area contributed by atoms with Crippen LogP contribution < -0.4 is 5.32 Å². The Labute approximate surface area is 116 Å². The van der Waals surface area contributed by atoms with E-state index in [0.29, 0.717) is 0 Å². The molecule has 0 spiro atoms. The Morgan fingerprint density at radius 2 is 2.05 bits per heavy atom. The molecule has 19 heavy (non-hydrogen) atoms. The van der Waals surface area contributed by atoms with Crippen LogP contribution >= 0.6 is 0 Å². The van der Waals surface area contributed by atoms with Crippen LogP contribution in [-0.2, 0) is 17.8 Å². The minimum absolute atomic E-state index is 0.720. The van der Waals surface area contributed by atoms with Crippen molar-refractivity contribution in [1.82, 2.24) is 20.3 Å². The highest BCUT2D eigenvalue weighted by molar-refractivity contribution is 4.91. The van der Waals surface area contributed by atoms with Gasteiger partial charge in [0, 0.05) is 19.3 Å². The predicted molar refractivity (Wildman–Crippen MR) is 77.0 cm³/mol. The molecule has 0 fully saturated rings. The van der Waals surface area contributed by atoms with E-state index in [4.69, 9.17) is 4.74 Å². The quantitative estimate of drug-likeness (QED) is 0.591. The fraction of sp³-hybridized carbons (Fsp3) is 0.857. The van der Waals surface area contributed by atoms with Crippen LogP contribution in [0.4, 0.5) is 0 Å². The molecule has 0 bridgehead atoms. The summed E-state index contributed by atoms with van der Waals surface area (Å²) in [7, 11) is 0. The number of rotatable bonds is 12. The number of aromatic nitrogens is 3. The molecule has 0 aliphatic heterocycles. The summed E-state index contributed by atoms with van der Waals surface area (Å²) in [6, 6.07) is 0. The highest BCUT2D eigenvalue weighted by Gasteiger charge is 1.99. The molecule has 0 amide bonds. The fourth-order valence-electron chi connectivity index (χ4n) is 1.81. The number of nitrogens with one attached hydrogen (secondary N) is 1. The van der Waals surface area contributed by atoms with Crippen molar-refractivity contribution in [2.75, 3.05) is 19.8 Å². The van der Waals surface area contributed by atoms with Gasteiger partial charge >= 0.3 is 0 Å². The smallest absolute Gasteiger partial charge is 0.0964 e. The summed E-state index contributed by atoms with van der Waals surface area (Å²) < 4.78 is 7.44. The first-order chi connectivity index (χ1) is 9.36. The van der Waals surface area contributed by atoms with E-state index in [1.165, 1.54) is 19.3 Å². The fourth-order valence-corrected chi connectivity index (χ4v) is 1.81. The Balaban J connectivity index is 2.03. The Morgan fingerprint density at radius 1 is 1.16 bits per heavy atom. The summed E-state index contributed by atoms with van der Waals surface area (Å²) in [5, 5.41) is 11.5. The minimum atomic E-state index is 0.720. The molecule has 0 unspecified atom stereocenters. The van der Waals surface area contributed by atoms with Crippen molar-refractivity contribution < 1.29 is 4.74 Å². The third kappa shape index (κ3) is 7.95. The SMILES string of the molecule is CCCCCCOCCn1cc(CNCCC)nn1. The molecule has 0 saturated carbocycles. The van der Waals surface area contributed by atoms with Crippen LogP contribution in [-0.4, -0.2) is 34.8 Å². The van der Waals surface area contributed by atoms with Gasteiger partial charge < -0.3 is 10.1 Å². The molecule has 1 rings (SSSR count). The summed E-state index contributed by atoms with van der Waals surface area (Å²) in [4.78, 5) is 0. The van der Waals surface area contributed by atoms with Gasteiger partial charge in [0.1, 0.15) is 0 Å². The lowest BCUT2D eigenvalue weighted by molar-refractivity contribution is 0.119. The first-order valence-electron chi connectivity index (χ1n) is 7.54. The standard InChI is InChI=1S/C14H28N4O/c1-3-5-6-7-10-19-11-9-18-13-14(16-17-18)12-15-8-4-2/h13,15H,3-12H2,1-2H3. The van der Waals surface area contributed by atoms with Gasteiger partial charge in [0.2, 0.25) is 0 Å². The lowest BCUT2D eigenvalue weighted by Gasteiger charge is -2.03. The van der Waals surface area contributed by atoms with Gasteiger partial charge in [0.25, 0.3) is 0 Å². The zero-order chi connectivity index (χ0) is 13.8. The highest BCUT2D eigenvalue weighted by Crippen LogP contribution is 1.99. The van der Waals surface area contributed by atoms with Crippen molar-refractivity contribution >= 4 is 0 Å². The molecule has 0 saturated heterocycles. The van der Waals surface area contributed by atoms with Crippen molar-refractivity contribution in [1.29, 1.82) is 0 Å². The molecule has 1 N–H and O–H groups in total. The summed E-state index contributed by atoms with van der Waals surface area (Å²) in [5.41, 5.74) is 0.997. The second-order valence-corrected chi connectivity index (χ2v) is 4.82. The molecule has 0 atom stereocenters. The summed E-state index contributed by atoms with van der Waals surface area (Å²) in [6.45, 7) is 8.56. The van der Waals surface area contributed by atoms with E-state index in [2.05, 4.69) is 29.5 Å². The summed E-state index contributed by atoms with van der Waals surface area (Å²) in [5.74, 6) is 0. The minimum Gasteiger partial charge on any atom is -0.380 e. The highest BCUT2D eigenvalue weighted by atomic mass is 16.5. The molecule has 1 heterocycles. The molecule has 5 nitrogen and oxygen atoms in total. The van der Waals surface area contributed by atoms with Crippen molar-refractivity contribution in [3.63, 3.8) is 0 Å². The van der Waals surface area contributed by atoms with Crippen molar-refractivity contribution in [3.05, 3.63) is 11.9 Å². The van der Waals surface area contributed by atoms with Crippen molar-refractivity contribution in [2.24, 2.45) is 0 Å². The maximum absolute atomic E-state index is 5.59. The van der Waals surface area contributed by atoms with Gasteiger partial charge in [-0.05, 0) is 19.4 Å². The largest absolute Gasteiger partial charge is 0.380 e. The van der Waals surface area contributed by atoms with E-state index < -0.39 is 0 Å². The summed E-state index contributed by atoms with van der Waals surface area (Å²) in [6.07, 6.45) is 8.14. The van der Waals surface area contributed by atoms with Gasteiger partial charge in [-0.15, -0.1) is 5.10 Å². The van der Waals surface area contributed by atoms with E-state index in [-0.39, 0.29) is 0 Å². The van der Waals surface area contributed by atoms with Gasteiger partial charge in [0.05, 0.1) is 18.8 Å². The molecule has 110 valence electrons. The molecule has 0 aromatic carbocycles. The molecular formula is C14H28N4O. The summed E-state index contributed by atoms with van der Waals surface area (Å²) >= 11 is 0. The molecule has 0 aliphatic rings. The lowest BCUT2D eigenvalue weighted by atomic mass is 10.2. The van der Waals surface area contributed by atoms with Crippen LogP contribution in [0.5, 0.6) is 0 Å². The monoisotopic (exact) mass is 268 g/mol. The zero-order valence-electron chi connectivity index (χ0n) is 12.4. The topological polar surface area (TPSA) is 52.0 Å². The third-order valence-electron chi connectivity index (χ3n) is 2.93. The van der Waals surface area contributed by atoms with Crippen LogP contribution in [0.2, 0.25) is 0 Å². The maximum atomic E-state index is 5.59. The molecule has 5 heteroatoms. The Kier molecular flexibility index (Phi) is 9.27. The van der Waals surface area contributed by atoms with Gasteiger partial charge in [-0.1, -0.05) is 38.3 Å². The number of unbranched alkanes of at least 4 members (excludes halogenated alkanes) is 3. The van der Waals surface area contributed by atoms with Gasteiger partial charge in [-0.25, -0.2) is 4.68 Å². The zero-order valence-corrected chi connectivity index (χ0v) is 12.4. The van der Waals surface area contributed by atoms with E-state index in [1.807, 2.05) is 10.9 Å². The van der Waals surface area contributed by atoms with E-state index in [0.717, 1.165) is 51.4 Å². The van der Waals surface area contributed by atoms with Crippen molar-refractivity contribution in [2.45, 2.75) is 59.0 Å².